The Morgan fingerprint density at radius 2 is 1.82 bits per heavy atom. The van der Waals surface area contributed by atoms with Crippen molar-refractivity contribution in [2.45, 2.75) is 39.4 Å². The molecule has 0 bridgehead atoms. The van der Waals surface area contributed by atoms with Gasteiger partial charge >= 0.3 is 0 Å². The third kappa shape index (κ3) is 1.95. The molecular weight excluding hydrogens is 208 g/mol. The molecule has 0 unspecified atom stereocenters. The van der Waals surface area contributed by atoms with Gasteiger partial charge in [-0.3, -0.25) is 0 Å². The van der Waals surface area contributed by atoms with Crippen molar-refractivity contribution in [3.05, 3.63) is 29.8 Å². The number of quaternary nitrogens is 1. The van der Waals surface area contributed by atoms with Crippen LogP contribution in [0.2, 0.25) is 0 Å². The number of para-hydroxylation sites is 1. The lowest BCUT2D eigenvalue weighted by molar-refractivity contribution is -0.900. The summed E-state index contributed by atoms with van der Waals surface area (Å²) in [7, 11) is 4.65. The zero-order chi connectivity index (χ0) is 12.8. The molecule has 0 radical (unpaired) electrons. The third-order valence-corrected chi connectivity index (χ3v) is 4.21. The number of aryl methyl sites for hydroxylation is 1. The van der Waals surface area contributed by atoms with Crippen LogP contribution in [0.5, 0.6) is 0 Å². The highest BCUT2D eigenvalue weighted by molar-refractivity contribution is 5.56. The Balaban J connectivity index is 2.48. The van der Waals surface area contributed by atoms with Crippen LogP contribution in [0.25, 0.3) is 0 Å². The normalized spacial score (nSPS) is 26.2. The van der Waals surface area contributed by atoms with Crippen LogP contribution in [0.4, 0.5) is 5.69 Å². The van der Waals surface area contributed by atoms with Gasteiger partial charge in [0.15, 0.2) is 6.17 Å². The zero-order valence-corrected chi connectivity index (χ0v) is 12.0. The molecule has 1 aromatic rings. The smallest absolute Gasteiger partial charge is 0.162 e. The summed E-state index contributed by atoms with van der Waals surface area (Å²) in [5.41, 5.74) is 2.97. The summed E-state index contributed by atoms with van der Waals surface area (Å²) in [6.45, 7) is 10.4. The summed E-state index contributed by atoms with van der Waals surface area (Å²) in [6, 6.07) is 8.71. The molecule has 1 aromatic carbocycles. The van der Waals surface area contributed by atoms with Gasteiger partial charge in [-0.2, -0.15) is 0 Å². The highest BCUT2D eigenvalue weighted by atomic mass is 15.5. The molecule has 1 fully saturated rings. The first-order valence-corrected chi connectivity index (χ1v) is 6.43. The van der Waals surface area contributed by atoms with Crippen molar-refractivity contribution in [2.75, 3.05) is 25.5 Å². The molecule has 1 heterocycles. The molecule has 0 aromatic heterocycles. The van der Waals surface area contributed by atoms with E-state index in [9.17, 15) is 0 Å². The maximum atomic E-state index is 2.59. The van der Waals surface area contributed by atoms with Gasteiger partial charge in [0.05, 0.1) is 19.6 Å². The summed E-state index contributed by atoms with van der Waals surface area (Å²) in [5.74, 6) is 0. The molecule has 94 valence electrons. The first kappa shape index (κ1) is 12.4. The van der Waals surface area contributed by atoms with Crippen molar-refractivity contribution in [1.82, 2.24) is 0 Å². The van der Waals surface area contributed by atoms with Gasteiger partial charge in [-0.1, -0.05) is 18.2 Å². The highest BCUT2D eigenvalue weighted by Gasteiger charge is 2.49. The van der Waals surface area contributed by atoms with Crippen molar-refractivity contribution < 1.29 is 4.48 Å². The quantitative estimate of drug-likeness (QED) is 0.674. The maximum absolute atomic E-state index is 2.59. The summed E-state index contributed by atoms with van der Waals surface area (Å²) in [5, 5.41) is 0. The number of anilines is 1. The molecule has 1 aliphatic heterocycles. The molecule has 17 heavy (non-hydrogen) atoms. The van der Waals surface area contributed by atoms with Crippen molar-refractivity contribution in [1.29, 1.82) is 0 Å². The second kappa shape index (κ2) is 3.74. The van der Waals surface area contributed by atoms with Crippen molar-refractivity contribution in [3.8, 4) is 0 Å². The van der Waals surface area contributed by atoms with E-state index < -0.39 is 0 Å². The second-order valence-corrected chi connectivity index (χ2v) is 6.54. The largest absolute Gasteiger partial charge is 0.312 e. The van der Waals surface area contributed by atoms with E-state index in [1.54, 1.807) is 0 Å². The lowest BCUT2D eigenvalue weighted by atomic mass is 10.0. The molecule has 0 amide bonds. The number of nitrogens with zero attached hydrogens (tertiary/aromatic N) is 2. The SMILES string of the molecule is Cc1ccccc1N1[C@@H](C)[N+](C)(C)CC1(C)C. The van der Waals surface area contributed by atoms with Crippen molar-refractivity contribution >= 4 is 5.69 Å². The van der Waals surface area contributed by atoms with Gasteiger partial charge < -0.3 is 9.38 Å². The monoisotopic (exact) mass is 233 g/mol. The Hall–Kier alpha value is -1.02. The van der Waals surface area contributed by atoms with E-state index in [2.05, 4.69) is 71.0 Å². The van der Waals surface area contributed by atoms with Crippen molar-refractivity contribution in [2.24, 2.45) is 0 Å². The molecule has 1 atom stereocenters. The summed E-state index contributed by atoms with van der Waals surface area (Å²) >= 11 is 0. The number of benzene rings is 1. The Morgan fingerprint density at radius 3 is 2.29 bits per heavy atom. The Labute approximate surface area is 105 Å². The Bertz CT molecular complexity index is 421. The fourth-order valence-corrected chi connectivity index (χ4v) is 3.39. The number of rotatable bonds is 1. The standard InChI is InChI=1S/C15H25N2/c1-12-9-7-8-10-14(12)16-13(2)17(5,6)11-15(16,3)4/h7-10,13H,11H2,1-6H3/q+1/t13-/m1/s1. The van der Waals surface area contributed by atoms with Crippen molar-refractivity contribution in [3.63, 3.8) is 0 Å². The average molecular weight is 233 g/mol. The Kier molecular flexibility index (Phi) is 2.74. The number of hydrogen-bond donors (Lipinski definition) is 0. The summed E-state index contributed by atoms with van der Waals surface area (Å²) in [4.78, 5) is 2.59. The van der Waals surface area contributed by atoms with E-state index in [0.29, 0.717) is 6.17 Å². The predicted octanol–water partition coefficient (Wildman–Crippen LogP) is 3.02. The highest BCUT2D eigenvalue weighted by Crippen LogP contribution is 2.38. The molecule has 2 rings (SSSR count). The van der Waals surface area contributed by atoms with E-state index in [1.807, 2.05) is 0 Å². The first-order valence-electron chi connectivity index (χ1n) is 6.43. The van der Waals surface area contributed by atoms with Gasteiger partial charge in [-0.15, -0.1) is 0 Å². The minimum Gasteiger partial charge on any atom is -0.312 e. The van der Waals surface area contributed by atoms with Gasteiger partial charge in [-0.25, -0.2) is 0 Å². The van der Waals surface area contributed by atoms with E-state index in [-0.39, 0.29) is 5.54 Å². The fraction of sp³-hybridized carbons (Fsp3) is 0.600. The fourth-order valence-electron chi connectivity index (χ4n) is 3.39. The van der Waals surface area contributed by atoms with E-state index >= 15 is 0 Å². The van der Waals surface area contributed by atoms with Crippen LogP contribution < -0.4 is 4.90 Å². The maximum Gasteiger partial charge on any atom is 0.162 e. The molecular formula is C15H25N2+. The molecule has 0 N–H and O–H groups in total. The van der Waals surface area contributed by atoms with Crippen LogP contribution >= 0.6 is 0 Å². The van der Waals surface area contributed by atoms with E-state index in [0.717, 1.165) is 4.48 Å². The van der Waals surface area contributed by atoms with Gasteiger partial charge in [0.25, 0.3) is 0 Å². The van der Waals surface area contributed by atoms with E-state index in [1.165, 1.54) is 17.8 Å². The predicted molar refractivity (Wildman–Crippen MR) is 74.2 cm³/mol. The van der Waals surface area contributed by atoms with Crippen LogP contribution in [0.3, 0.4) is 0 Å². The van der Waals surface area contributed by atoms with Crippen LogP contribution in [-0.2, 0) is 0 Å². The van der Waals surface area contributed by atoms with Gasteiger partial charge in [0.1, 0.15) is 6.54 Å². The molecule has 2 heteroatoms. The first-order chi connectivity index (χ1) is 7.76. The number of hydrogen-bond acceptors (Lipinski definition) is 1. The Morgan fingerprint density at radius 1 is 1.24 bits per heavy atom. The molecule has 0 spiro atoms. The molecule has 0 saturated carbocycles. The average Bonchev–Trinajstić information content (AvgIpc) is 2.34. The minimum absolute atomic E-state index is 0.217. The minimum atomic E-state index is 0.217. The molecule has 0 aliphatic carbocycles. The lowest BCUT2D eigenvalue weighted by Gasteiger charge is -2.35. The van der Waals surface area contributed by atoms with Crippen LogP contribution in [0.1, 0.15) is 26.3 Å². The summed E-state index contributed by atoms with van der Waals surface area (Å²) < 4.78 is 1.06. The topological polar surface area (TPSA) is 3.24 Å². The zero-order valence-electron chi connectivity index (χ0n) is 12.0. The second-order valence-electron chi connectivity index (χ2n) is 6.54. The van der Waals surface area contributed by atoms with E-state index in [4.69, 9.17) is 0 Å². The van der Waals surface area contributed by atoms with Gasteiger partial charge in [-0.05, 0) is 32.4 Å². The van der Waals surface area contributed by atoms with Crippen LogP contribution in [-0.4, -0.2) is 36.8 Å². The molecule has 2 nitrogen and oxygen atoms in total. The number of likely N-dealkylation sites (N-methyl/N-ethyl adjacent to an activating group) is 1. The molecule has 1 saturated heterocycles. The van der Waals surface area contributed by atoms with Gasteiger partial charge in [0.2, 0.25) is 0 Å². The lowest BCUT2D eigenvalue weighted by Crippen LogP contribution is -2.47. The van der Waals surface area contributed by atoms with Gasteiger partial charge in [0, 0.05) is 12.6 Å². The van der Waals surface area contributed by atoms with Crippen LogP contribution in [0.15, 0.2) is 24.3 Å². The summed E-state index contributed by atoms with van der Waals surface area (Å²) in [6.07, 6.45) is 0.520. The van der Waals surface area contributed by atoms with Crippen LogP contribution in [0, 0.1) is 6.92 Å². The third-order valence-electron chi connectivity index (χ3n) is 4.21. The molecule has 1 aliphatic rings.